The van der Waals surface area contributed by atoms with Crippen LogP contribution >= 0.6 is 0 Å². The van der Waals surface area contributed by atoms with Crippen molar-refractivity contribution in [2.45, 2.75) is 49.5 Å². The zero-order chi connectivity index (χ0) is 20.6. The van der Waals surface area contributed by atoms with Gasteiger partial charge in [0.25, 0.3) is 0 Å². The molecule has 0 bridgehead atoms. The number of rotatable bonds is 5. The maximum Gasteiger partial charge on any atom is 0.337 e. The van der Waals surface area contributed by atoms with Crippen LogP contribution in [-0.2, 0) is 23.7 Å². The number of ether oxygens (including phenoxy) is 4. The zero-order valence-corrected chi connectivity index (χ0v) is 15.2. The highest BCUT2D eigenvalue weighted by Crippen LogP contribution is 2.47. The molecule has 2 aliphatic heterocycles. The van der Waals surface area contributed by atoms with Crippen molar-refractivity contribution in [3.8, 4) is 0 Å². The first-order valence-electron chi connectivity index (χ1n) is 9.02. The number of hydrogen-bond donors (Lipinski definition) is 6. The lowest BCUT2D eigenvalue weighted by molar-refractivity contribution is -0.343. The molecule has 11 heteroatoms. The van der Waals surface area contributed by atoms with Gasteiger partial charge in [-0.1, -0.05) is 0 Å². The molecule has 0 amide bonds. The number of aliphatic hydroxyl groups is 6. The van der Waals surface area contributed by atoms with Gasteiger partial charge in [0.1, 0.15) is 24.4 Å². The standard InChI is InChI=1S/C17H26O11/c1-25-15(24)7-5-26-16(10-6(3-18)2-8(20)11(7)10)28-17-14(23)13(22)12(21)9(4-19)27-17/h5-6,8-14,16-23H,2-4H2,1H3/t6-,8-,9-,10-,11+,12-,13-,14+,16+,17+/m1/s1. The molecule has 2 fully saturated rings. The number of fused-ring (bicyclic) bond motifs is 1. The summed E-state index contributed by atoms with van der Waals surface area (Å²) in [4.78, 5) is 12.0. The highest BCUT2D eigenvalue weighted by molar-refractivity contribution is 5.89. The van der Waals surface area contributed by atoms with Gasteiger partial charge < -0.3 is 49.6 Å². The van der Waals surface area contributed by atoms with E-state index in [2.05, 4.69) is 0 Å². The number of carbonyl (C=O) groups excluding carboxylic acids is 1. The molecule has 10 atom stereocenters. The Balaban J connectivity index is 1.83. The van der Waals surface area contributed by atoms with Crippen molar-refractivity contribution in [1.29, 1.82) is 0 Å². The summed E-state index contributed by atoms with van der Waals surface area (Å²) in [5.74, 6) is -2.54. The average molecular weight is 406 g/mol. The monoisotopic (exact) mass is 406 g/mol. The Morgan fingerprint density at radius 1 is 1.11 bits per heavy atom. The van der Waals surface area contributed by atoms with E-state index in [9.17, 15) is 35.4 Å². The molecule has 11 nitrogen and oxygen atoms in total. The third kappa shape index (κ3) is 3.64. The molecule has 28 heavy (non-hydrogen) atoms. The van der Waals surface area contributed by atoms with Gasteiger partial charge in [0.05, 0.1) is 31.7 Å². The van der Waals surface area contributed by atoms with E-state index in [0.717, 1.165) is 6.26 Å². The second kappa shape index (κ2) is 8.59. The average Bonchev–Trinajstić information content (AvgIpc) is 3.05. The van der Waals surface area contributed by atoms with Crippen LogP contribution in [0, 0.1) is 17.8 Å². The molecule has 2 heterocycles. The lowest BCUT2D eigenvalue weighted by Crippen LogP contribution is -2.60. The molecule has 0 spiro atoms. The van der Waals surface area contributed by atoms with E-state index in [4.69, 9.17) is 18.9 Å². The summed E-state index contributed by atoms with van der Waals surface area (Å²) in [6.07, 6.45) is -8.19. The lowest BCUT2D eigenvalue weighted by atomic mass is 9.82. The molecule has 1 saturated carbocycles. The van der Waals surface area contributed by atoms with E-state index in [1.807, 2.05) is 0 Å². The highest BCUT2D eigenvalue weighted by Gasteiger charge is 2.54. The summed E-state index contributed by atoms with van der Waals surface area (Å²) in [5, 5.41) is 59.3. The summed E-state index contributed by atoms with van der Waals surface area (Å²) >= 11 is 0. The summed E-state index contributed by atoms with van der Waals surface area (Å²) in [5.41, 5.74) is 0.101. The lowest BCUT2D eigenvalue weighted by Gasteiger charge is -2.43. The summed E-state index contributed by atoms with van der Waals surface area (Å²) in [6.45, 7) is -0.919. The number of hydrogen-bond acceptors (Lipinski definition) is 11. The normalized spacial score (nSPS) is 45.8. The van der Waals surface area contributed by atoms with Crippen LogP contribution in [-0.4, -0.2) is 100 Å². The highest BCUT2D eigenvalue weighted by atomic mass is 16.8. The van der Waals surface area contributed by atoms with E-state index < -0.39 is 73.4 Å². The molecular weight excluding hydrogens is 380 g/mol. The number of aliphatic hydroxyl groups excluding tert-OH is 6. The smallest absolute Gasteiger partial charge is 0.337 e. The predicted octanol–water partition coefficient (Wildman–Crippen LogP) is -3.18. The van der Waals surface area contributed by atoms with Crippen molar-refractivity contribution >= 4 is 5.97 Å². The van der Waals surface area contributed by atoms with Gasteiger partial charge in [-0.3, -0.25) is 0 Å². The van der Waals surface area contributed by atoms with E-state index in [1.54, 1.807) is 0 Å². The second-order valence-corrected chi connectivity index (χ2v) is 7.25. The zero-order valence-electron chi connectivity index (χ0n) is 15.2. The minimum absolute atomic E-state index is 0.101. The Bertz CT molecular complexity index is 594. The summed E-state index contributed by atoms with van der Waals surface area (Å²) in [6, 6.07) is 0. The Hall–Kier alpha value is -1.31. The molecular formula is C17H26O11. The van der Waals surface area contributed by atoms with Crippen LogP contribution in [0.1, 0.15) is 6.42 Å². The van der Waals surface area contributed by atoms with Crippen molar-refractivity contribution < 1.29 is 54.4 Å². The van der Waals surface area contributed by atoms with Gasteiger partial charge in [-0.05, 0) is 12.3 Å². The number of esters is 1. The van der Waals surface area contributed by atoms with Crippen LogP contribution in [0.5, 0.6) is 0 Å². The number of carbonyl (C=O) groups is 1. The SMILES string of the molecule is COC(=O)C1=CO[C@@H](O[C@@H]2O[C@H](CO)[C@@H](O)[C@@H](O)[C@@H]2O)[C@@H]2[C@@H](CO)C[C@@H](O)[C@H]12. The Morgan fingerprint density at radius 3 is 2.43 bits per heavy atom. The minimum atomic E-state index is -1.63. The number of methoxy groups -OCH3 is 1. The van der Waals surface area contributed by atoms with Gasteiger partial charge in [0.2, 0.25) is 6.29 Å². The molecule has 0 radical (unpaired) electrons. The maximum atomic E-state index is 12.0. The van der Waals surface area contributed by atoms with Crippen LogP contribution in [0.4, 0.5) is 0 Å². The molecule has 3 rings (SSSR count). The molecule has 160 valence electrons. The molecule has 0 aromatic heterocycles. The first kappa shape index (κ1) is 21.4. The Morgan fingerprint density at radius 2 is 1.82 bits per heavy atom. The van der Waals surface area contributed by atoms with Crippen LogP contribution in [0.3, 0.4) is 0 Å². The first-order chi connectivity index (χ1) is 13.3. The van der Waals surface area contributed by atoms with Crippen molar-refractivity contribution in [2.24, 2.45) is 17.8 Å². The molecule has 3 aliphatic rings. The van der Waals surface area contributed by atoms with Gasteiger partial charge in [-0.2, -0.15) is 0 Å². The molecule has 1 aliphatic carbocycles. The molecule has 0 aromatic carbocycles. The van der Waals surface area contributed by atoms with Crippen LogP contribution in [0.2, 0.25) is 0 Å². The summed E-state index contributed by atoms with van der Waals surface area (Å²) < 4.78 is 21.2. The van der Waals surface area contributed by atoms with E-state index in [0.29, 0.717) is 0 Å². The van der Waals surface area contributed by atoms with Crippen molar-refractivity contribution in [2.75, 3.05) is 20.3 Å². The fourth-order valence-corrected chi connectivity index (χ4v) is 4.21. The third-order valence-electron chi connectivity index (χ3n) is 5.69. The van der Waals surface area contributed by atoms with Gasteiger partial charge in [0, 0.05) is 18.4 Å². The third-order valence-corrected chi connectivity index (χ3v) is 5.69. The van der Waals surface area contributed by atoms with Gasteiger partial charge in [0.15, 0.2) is 6.29 Å². The quantitative estimate of drug-likeness (QED) is 0.254. The molecule has 0 unspecified atom stereocenters. The Kier molecular flexibility index (Phi) is 6.57. The summed E-state index contributed by atoms with van der Waals surface area (Å²) in [7, 11) is 1.19. The Labute approximate surface area is 160 Å². The maximum absolute atomic E-state index is 12.0. The first-order valence-corrected chi connectivity index (χ1v) is 9.02. The van der Waals surface area contributed by atoms with Crippen molar-refractivity contribution in [3.63, 3.8) is 0 Å². The molecule has 1 saturated heterocycles. The predicted molar refractivity (Wildman–Crippen MR) is 88.0 cm³/mol. The van der Waals surface area contributed by atoms with Crippen molar-refractivity contribution in [3.05, 3.63) is 11.8 Å². The topological polar surface area (TPSA) is 175 Å². The van der Waals surface area contributed by atoms with Gasteiger partial charge in [-0.25, -0.2) is 4.79 Å². The van der Waals surface area contributed by atoms with Crippen LogP contribution < -0.4 is 0 Å². The van der Waals surface area contributed by atoms with Gasteiger partial charge >= 0.3 is 5.97 Å². The second-order valence-electron chi connectivity index (χ2n) is 7.25. The largest absolute Gasteiger partial charge is 0.472 e. The van der Waals surface area contributed by atoms with E-state index >= 15 is 0 Å². The molecule has 0 aromatic rings. The van der Waals surface area contributed by atoms with E-state index in [1.165, 1.54) is 7.11 Å². The molecule has 6 N–H and O–H groups in total. The van der Waals surface area contributed by atoms with Crippen LogP contribution in [0.25, 0.3) is 0 Å². The van der Waals surface area contributed by atoms with Gasteiger partial charge in [-0.15, -0.1) is 0 Å². The fourth-order valence-electron chi connectivity index (χ4n) is 4.21. The van der Waals surface area contributed by atoms with Crippen LogP contribution in [0.15, 0.2) is 11.8 Å². The fraction of sp³-hybridized carbons (Fsp3) is 0.824. The van der Waals surface area contributed by atoms with E-state index in [-0.39, 0.29) is 18.6 Å². The minimum Gasteiger partial charge on any atom is -0.472 e. The van der Waals surface area contributed by atoms with Crippen molar-refractivity contribution in [1.82, 2.24) is 0 Å².